The number of nitro benzene ring substituents is 1. The molecule has 2 rings (SSSR count). The molecule has 0 amide bonds. The van der Waals surface area contributed by atoms with E-state index in [0.717, 1.165) is 11.1 Å². The van der Waals surface area contributed by atoms with Gasteiger partial charge in [0.25, 0.3) is 5.69 Å². The molecule has 0 spiro atoms. The fourth-order valence-corrected chi connectivity index (χ4v) is 1.77. The van der Waals surface area contributed by atoms with Crippen molar-refractivity contribution in [3.63, 3.8) is 0 Å². The molecule has 0 unspecified atom stereocenters. The van der Waals surface area contributed by atoms with Crippen LogP contribution < -0.4 is 5.32 Å². The first-order chi connectivity index (χ1) is 8.09. The minimum atomic E-state index is -0.374. The Hall–Kier alpha value is -2.17. The molecule has 0 fully saturated rings. The van der Waals surface area contributed by atoms with Crippen molar-refractivity contribution in [1.82, 2.24) is 4.98 Å². The number of fused-ring (bicyclic) bond motifs is 1. The van der Waals surface area contributed by atoms with Crippen molar-refractivity contribution >= 4 is 22.1 Å². The fraction of sp³-hybridized carbons (Fsp3) is 0.250. The van der Waals surface area contributed by atoms with E-state index in [4.69, 9.17) is 0 Å². The Morgan fingerprint density at radius 2 is 2.06 bits per heavy atom. The molecule has 88 valence electrons. The number of hydrogen-bond acceptors (Lipinski definition) is 4. The molecule has 0 aliphatic rings. The highest BCUT2D eigenvalue weighted by Crippen LogP contribution is 2.30. The fourth-order valence-electron chi connectivity index (χ4n) is 1.77. The van der Waals surface area contributed by atoms with Crippen LogP contribution in [0.4, 0.5) is 11.4 Å². The molecule has 1 aromatic heterocycles. The summed E-state index contributed by atoms with van der Waals surface area (Å²) in [6.45, 7) is 4.03. The summed E-state index contributed by atoms with van der Waals surface area (Å²) in [5, 5.41) is 15.5. The van der Waals surface area contributed by atoms with Crippen LogP contribution in [-0.2, 0) is 0 Å². The molecule has 0 radical (unpaired) electrons. The van der Waals surface area contributed by atoms with Crippen LogP contribution in [0.25, 0.3) is 10.8 Å². The number of anilines is 1. The summed E-state index contributed by atoms with van der Waals surface area (Å²) in [7, 11) is 0. The molecular weight excluding hydrogens is 218 g/mol. The Morgan fingerprint density at radius 3 is 2.71 bits per heavy atom. The van der Waals surface area contributed by atoms with E-state index in [1.54, 1.807) is 24.5 Å². The maximum Gasteiger partial charge on any atom is 0.277 e. The van der Waals surface area contributed by atoms with Crippen molar-refractivity contribution in [2.24, 2.45) is 0 Å². The Morgan fingerprint density at radius 1 is 1.29 bits per heavy atom. The van der Waals surface area contributed by atoms with E-state index in [2.05, 4.69) is 10.3 Å². The standard InChI is InChI=1S/C12H13N3O2/c1-8(2)14-11-3-4-12(15(16)17)9-5-6-13-7-10(9)11/h3-8,14H,1-2H3. The minimum Gasteiger partial charge on any atom is -0.382 e. The number of nitro groups is 1. The van der Waals surface area contributed by atoms with Crippen LogP contribution in [0.5, 0.6) is 0 Å². The second-order valence-corrected chi connectivity index (χ2v) is 4.11. The molecule has 1 heterocycles. The van der Waals surface area contributed by atoms with Crippen LogP contribution in [-0.4, -0.2) is 15.9 Å². The van der Waals surface area contributed by atoms with Gasteiger partial charge >= 0.3 is 0 Å². The number of hydrogen-bond donors (Lipinski definition) is 1. The molecule has 5 heteroatoms. The molecule has 0 aliphatic carbocycles. The van der Waals surface area contributed by atoms with E-state index >= 15 is 0 Å². The van der Waals surface area contributed by atoms with Gasteiger partial charge < -0.3 is 5.32 Å². The number of aromatic nitrogens is 1. The Balaban J connectivity index is 2.66. The van der Waals surface area contributed by atoms with E-state index in [-0.39, 0.29) is 16.7 Å². The molecule has 0 bridgehead atoms. The van der Waals surface area contributed by atoms with Crippen LogP contribution in [0.2, 0.25) is 0 Å². The first kappa shape index (κ1) is 11.3. The van der Waals surface area contributed by atoms with Gasteiger partial charge in [0.2, 0.25) is 0 Å². The van der Waals surface area contributed by atoms with Crippen molar-refractivity contribution in [2.45, 2.75) is 19.9 Å². The summed E-state index contributed by atoms with van der Waals surface area (Å²) in [6.07, 6.45) is 3.21. The molecule has 1 aromatic carbocycles. The maximum atomic E-state index is 10.9. The average Bonchev–Trinajstić information content (AvgIpc) is 2.28. The third-order valence-electron chi connectivity index (χ3n) is 2.44. The first-order valence-electron chi connectivity index (χ1n) is 5.37. The van der Waals surface area contributed by atoms with E-state index in [1.807, 2.05) is 13.8 Å². The lowest BCUT2D eigenvalue weighted by Crippen LogP contribution is -2.10. The van der Waals surface area contributed by atoms with Crippen molar-refractivity contribution in [3.8, 4) is 0 Å². The molecular formula is C12H13N3O2. The summed E-state index contributed by atoms with van der Waals surface area (Å²) in [5.74, 6) is 0. The van der Waals surface area contributed by atoms with Crippen molar-refractivity contribution in [1.29, 1.82) is 0 Å². The molecule has 0 saturated carbocycles. The van der Waals surface area contributed by atoms with Crippen molar-refractivity contribution < 1.29 is 4.92 Å². The van der Waals surface area contributed by atoms with Gasteiger partial charge in [-0.3, -0.25) is 15.1 Å². The smallest absolute Gasteiger partial charge is 0.277 e. The van der Waals surface area contributed by atoms with Crippen LogP contribution in [0, 0.1) is 10.1 Å². The summed E-state index contributed by atoms with van der Waals surface area (Å²) >= 11 is 0. The van der Waals surface area contributed by atoms with E-state index in [9.17, 15) is 10.1 Å². The topological polar surface area (TPSA) is 68.1 Å². The normalized spacial score (nSPS) is 10.8. The third kappa shape index (κ3) is 2.18. The lowest BCUT2D eigenvalue weighted by atomic mass is 10.1. The zero-order valence-corrected chi connectivity index (χ0v) is 9.68. The Bertz CT molecular complexity index is 567. The van der Waals surface area contributed by atoms with Gasteiger partial charge in [-0.15, -0.1) is 0 Å². The van der Waals surface area contributed by atoms with E-state index in [1.165, 1.54) is 6.07 Å². The lowest BCUT2D eigenvalue weighted by Gasteiger charge is -2.12. The Labute approximate surface area is 98.6 Å². The SMILES string of the molecule is CC(C)Nc1ccc([N+](=O)[O-])c2ccncc12. The molecule has 5 nitrogen and oxygen atoms in total. The van der Waals surface area contributed by atoms with Gasteiger partial charge in [-0.05, 0) is 26.0 Å². The molecule has 17 heavy (non-hydrogen) atoms. The third-order valence-corrected chi connectivity index (χ3v) is 2.44. The number of non-ortho nitro benzene ring substituents is 1. The summed E-state index contributed by atoms with van der Waals surface area (Å²) < 4.78 is 0. The minimum absolute atomic E-state index is 0.108. The van der Waals surface area contributed by atoms with Crippen LogP contribution in [0.3, 0.4) is 0 Å². The number of nitrogens with one attached hydrogen (secondary N) is 1. The van der Waals surface area contributed by atoms with Gasteiger partial charge in [-0.2, -0.15) is 0 Å². The highest BCUT2D eigenvalue weighted by Gasteiger charge is 2.14. The van der Waals surface area contributed by atoms with E-state index < -0.39 is 0 Å². The lowest BCUT2D eigenvalue weighted by molar-refractivity contribution is -0.383. The first-order valence-corrected chi connectivity index (χ1v) is 5.37. The summed E-state index contributed by atoms with van der Waals surface area (Å²) in [6, 6.07) is 5.17. The van der Waals surface area contributed by atoms with Gasteiger partial charge in [-0.1, -0.05) is 0 Å². The van der Waals surface area contributed by atoms with Gasteiger partial charge in [-0.25, -0.2) is 0 Å². The summed E-state index contributed by atoms with van der Waals surface area (Å²) in [4.78, 5) is 14.6. The van der Waals surface area contributed by atoms with E-state index in [0.29, 0.717) is 5.39 Å². The quantitative estimate of drug-likeness (QED) is 0.651. The molecule has 0 aliphatic heterocycles. The number of nitrogens with zero attached hydrogens (tertiary/aromatic N) is 2. The molecule has 0 atom stereocenters. The van der Waals surface area contributed by atoms with Crippen LogP contribution >= 0.6 is 0 Å². The predicted molar refractivity (Wildman–Crippen MR) is 67.2 cm³/mol. The Kier molecular flexibility index (Phi) is 2.91. The average molecular weight is 231 g/mol. The number of rotatable bonds is 3. The van der Waals surface area contributed by atoms with Gasteiger partial charge in [0.15, 0.2) is 0 Å². The zero-order chi connectivity index (χ0) is 12.4. The van der Waals surface area contributed by atoms with Gasteiger partial charge in [0.05, 0.1) is 10.3 Å². The molecule has 2 aromatic rings. The van der Waals surface area contributed by atoms with Gasteiger partial charge in [0, 0.05) is 35.6 Å². The second kappa shape index (κ2) is 4.37. The van der Waals surface area contributed by atoms with Crippen molar-refractivity contribution in [3.05, 3.63) is 40.7 Å². The largest absolute Gasteiger partial charge is 0.382 e. The number of pyridine rings is 1. The van der Waals surface area contributed by atoms with Gasteiger partial charge in [0.1, 0.15) is 0 Å². The molecule has 0 saturated heterocycles. The highest BCUT2D eigenvalue weighted by molar-refractivity contribution is 5.99. The second-order valence-electron chi connectivity index (χ2n) is 4.11. The highest BCUT2D eigenvalue weighted by atomic mass is 16.6. The summed E-state index contributed by atoms with van der Waals surface area (Å²) in [5.41, 5.74) is 0.977. The van der Waals surface area contributed by atoms with Crippen LogP contribution in [0.15, 0.2) is 30.6 Å². The monoisotopic (exact) mass is 231 g/mol. The zero-order valence-electron chi connectivity index (χ0n) is 9.68. The number of benzene rings is 1. The molecule has 1 N–H and O–H groups in total. The predicted octanol–water partition coefficient (Wildman–Crippen LogP) is 2.96. The van der Waals surface area contributed by atoms with Crippen LogP contribution in [0.1, 0.15) is 13.8 Å². The van der Waals surface area contributed by atoms with Crippen molar-refractivity contribution in [2.75, 3.05) is 5.32 Å². The maximum absolute atomic E-state index is 10.9.